The Bertz CT molecular complexity index is 319. The first kappa shape index (κ1) is 10.2. The molecule has 0 unspecified atom stereocenters. The summed E-state index contributed by atoms with van der Waals surface area (Å²) in [6.45, 7) is 2.10. The van der Waals surface area contributed by atoms with Gasteiger partial charge in [-0.15, -0.1) is 23.5 Å². The van der Waals surface area contributed by atoms with Crippen molar-refractivity contribution in [2.75, 3.05) is 18.6 Å². The second-order valence-electron chi connectivity index (χ2n) is 3.30. The van der Waals surface area contributed by atoms with Crippen LogP contribution < -0.4 is 4.74 Å². The lowest BCUT2D eigenvalue weighted by molar-refractivity contribution is 0.411. The Morgan fingerprint density at radius 3 is 2.57 bits per heavy atom. The summed E-state index contributed by atoms with van der Waals surface area (Å²) in [5, 5.41) is 0. The summed E-state index contributed by atoms with van der Waals surface area (Å²) in [4.78, 5) is 0. The van der Waals surface area contributed by atoms with E-state index in [0.717, 1.165) is 5.75 Å². The number of aryl methyl sites for hydroxylation is 1. The van der Waals surface area contributed by atoms with Crippen molar-refractivity contribution in [3.63, 3.8) is 0 Å². The van der Waals surface area contributed by atoms with Gasteiger partial charge in [0.25, 0.3) is 0 Å². The number of rotatable bonds is 2. The first-order valence-electron chi connectivity index (χ1n) is 4.69. The van der Waals surface area contributed by atoms with E-state index in [1.54, 1.807) is 7.11 Å². The SMILES string of the molecule is COc1ccc(C2SCCS2)cc1C. The fourth-order valence-electron chi connectivity index (χ4n) is 1.60. The van der Waals surface area contributed by atoms with Crippen LogP contribution >= 0.6 is 23.5 Å². The highest BCUT2D eigenvalue weighted by Gasteiger charge is 2.18. The first-order valence-corrected chi connectivity index (χ1v) is 6.79. The summed E-state index contributed by atoms with van der Waals surface area (Å²) in [5.41, 5.74) is 2.66. The zero-order valence-electron chi connectivity index (χ0n) is 8.45. The summed E-state index contributed by atoms with van der Waals surface area (Å²) < 4.78 is 5.89. The second-order valence-corrected chi connectivity index (χ2v) is 6.03. The molecule has 0 N–H and O–H groups in total. The number of hydrogen-bond donors (Lipinski definition) is 0. The molecule has 1 fully saturated rings. The third-order valence-electron chi connectivity index (χ3n) is 2.31. The summed E-state index contributed by atoms with van der Waals surface area (Å²) in [7, 11) is 1.72. The molecule has 0 radical (unpaired) electrons. The summed E-state index contributed by atoms with van der Waals surface area (Å²) in [5.74, 6) is 3.54. The zero-order chi connectivity index (χ0) is 9.97. The van der Waals surface area contributed by atoms with Crippen LogP contribution in [0.3, 0.4) is 0 Å². The van der Waals surface area contributed by atoms with E-state index in [2.05, 4.69) is 25.1 Å². The molecule has 1 aliphatic heterocycles. The van der Waals surface area contributed by atoms with Crippen LogP contribution in [0.4, 0.5) is 0 Å². The molecule has 1 aliphatic rings. The predicted molar refractivity (Wildman–Crippen MR) is 65.4 cm³/mol. The lowest BCUT2D eigenvalue weighted by Gasteiger charge is -2.11. The summed E-state index contributed by atoms with van der Waals surface area (Å²) in [6, 6.07) is 6.50. The maximum Gasteiger partial charge on any atom is 0.121 e. The lowest BCUT2D eigenvalue weighted by Crippen LogP contribution is -1.90. The van der Waals surface area contributed by atoms with Gasteiger partial charge in [-0.25, -0.2) is 0 Å². The van der Waals surface area contributed by atoms with Crippen molar-refractivity contribution in [2.24, 2.45) is 0 Å². The molecular formula is C11H14OS2. The predicted octanol–water partition coefficient (Wildman–Crippen LogP) is 3.48. The number of ether oxygens (including phenoxy) is 1. The van der Waals surface area contributed by atoms with Gasteiger partial charge in [0.15, 0.2) is 0 Å². The third-order valence-corrected chi connectivity index (χ3v) is 5.42. The summed E-state index contributed by atoms with van der Waals surface area (Å²) >= 11 is 4.08. The van der Waals surface area contributed by atoms with Crippen LogP contribution in [0.25, 0.3) is 0 Å². The molecule has 0 saturated carbocycles. The van der Waals surface area contributed by atoms with E-state index in [1.165, 1.54) is 22.6 Å². The quantitative estimate of drug-likeness (QED) is 0.764. The number of benzene rings is 1. The van der Waals surface area contributed by atoms with Crippen molar-refractivity contribution in [2.45, 2.75) is 11.5 Å². The maximum atomic E-state index is 5.25. The highest BCUT2D eigenvalue weighted by Crippen LogP contribution is 2.45. The molecule has 14 heavy (non-hydrogen) atoms. The van der Waals surface area contributed by atoms with Crippen molar-refractivity contribution in [3.8, 4) is 5.75 Å². The molecule has 3 heteroatoms. The molecule has 1 nitrogen and oxygen atoms in total. The Morgan fingerprint density at radius 2 is 2.00 bits per heavy atom. The van der Waals surface area contributed by atoms with Crippen molar-refractivity contribution in [1.82, 2.24) is 0 Å². The minimum atomic E-state index is 0.639. The fraction of sp³-hybridized carbons (Fsp3) is 0.455. The van der Waals surface area contributed by atoms with Gasteiger partial charge in [-0.2, -0.15) is 0 Å². The van der Waals surface area contributed by atoms with Gasteiger partial charge in [0.05, 0.1) is 11.7 Å². The van der Waals surface area contributed by atoms with E-state index in [9.17, 15) is 0 Å². The zero-order valence-corrected chi connectivity index (χ0v) is 10.1. The van der Waals surface area contributed by atoms with Crippen molar-refractivity contribution >= 4 is 23.5 Å². The minimum Gasteiger partial charge on any atom is -0.496 e. The van der Waals surface area contributed by atoms with E-state index in [0.29, 0.717) is 4.58 Å². The first-order chi connectivity index (χ1) is 6.81. The average molecular weight is 226 g/mol. The van der Waals surface area contributed by atoms with Gasteiger partial charge in [0.2, 0.25) is 0 Å². The molecule has 1 aromatic rings. The molecule has 1 heterocycles. The van der Waals surface area contributed by atoms with Crippen LogP contribution in [0.5, 0.6) is 5.75 Å². The van der Waals surface area contributed by atoms with Crippen molar-refractivity contribution in [1.29, 1.82) is 0 Å². The van der Waals surface area contributed by atoms with E-state index in [-0.39, 0.29) is 0 Å². The van der Waals surface area contributed by atoms with Gasteiger partial charge < -0.3 is 4.74 Å². The van der Waals surface area contributed by atoms with Gasteiger partial charge in [0, 0.05) is 11.5 Å². The van der Waals surface area contributed by atoms with E-state index < -0.39 is 0 Å². The van der Waals surface area contributed by atoms with Crippen LogP contribution in [-0.4, -0.2) is 18.6 Å². The van der Waals surface area contributed by atoms with Gasteiger partial charge in [-0.3, -0.25) is 0 Å². The monoisotopic (exact) mass is 226 g/mol. The Labute approximate surface area is 93.6 Å². The van der Waals surface area contributed by atoms with E-state index >= 15 is 0 Å². The van der Waals surface area contributed by atoms with Crippen LogP contribution in [0, 0.1) is 6.92 Å². The molecule has 0 spiro atoms. The van der Waals surface area contributed by atoms with Crippen LogP contribution in [0.2, 0.25) is 0 Å². The highest BCUT2D eigenvalue weighted by atomic mass is 32.2. The molecular weight excluding hydrogens is 212 g/mol. The number of thioether (sulfide) groups is 2. The average Bonchev–Trinajstić information content (AvgIpc) is 2.70. The highest BCUT2D eigenvalue weighted by molar-refractivity contribution is 8.19. The molecule has 1 aromatic carbocycles. The lowest BCUT2D eigenvalue weighted by atomic mass is 10.1. The molecule has 0 aromatic heterocycles. The molecule has 0 atom stereocenters. The van der Waals surface area contributed by atoms with Crippen molar-refractivity contribution < 1.29 is 4.74 Å². The van der Waals surface area contributed by atoms with Gasteiger partial charge in [0.1, 0.15) is 5.75 Å². The molecule has 0 amide bonds. The van der Waals surface area contributed by atoms with Crippen LogP contribution in [0.1, 0.15) is 15.7 Å². The largest absolute Gasteiger partial charge is 0.496 e. The van der Waals surface area contributed by atoms with Gasteiger partial charge in [-0.05, 0) is 24.1 Å². The smallest absolute Gasteiger partial charge is 0.121 e. The molecule has 1 saturated heterocycles. The molecule has 2 rings (SSSR count). The molecule has 76 valence electrons. The number of hydrogen-bond acceptors (Lipinski definition) is 3. The Kier molecular flexibility index (Phi) is 3.29. The van der Waals surface area contributed by atoms with Crippen LogP contribution in [0.15, 0.2) is 18.2 Å². The van der Waals surface area contributed by atoms with Crippen LogP contribution in [-0.2, 0) is 0 Å². The topological polar surface area (TPSA) is 9.23 Å². The van der Waals surface area contributed by atoms with E-state index in [1.807, 2.05) is 23.5 Å². The Hall–Kier alpha value is -0.280. The minimum absolute atomic E-state index is 0.639. The third kappa shape index (κ3) is 2.04. The Morgan fingerprint density at radius 1 is 1.29 bits per heavy atom. The van der Waals surface area contributed by atoms with E-state index in [4.69, 9.17) is 4.74 Å². The van der Waals surface area contributed by atoms with Gasteiger partial charge in [-0.1, -0.05) is 12.1 Å². The Balaban J connectivity index is 2.23. The molecule has 0 bridgehead atoms. The van der Waals surface area contributed by atoms with Gasteiger partial charge >= 0.3 is 0 Å². The normalized spacial score (nSPS) is 17.3. The molecule has 0 aliphatic carbocycles. The fourth-order valence-corrected chi connectivity index (χ4v) is 4.44. The summed E-state index contributed by atoms with van der Waals surface area (Å²) in [6.07, 6.45) is 0. The second kappa shape index (κ2) is 4.49. The number of methoxy groups -OCH3 is 1. The maximum absolute atomic E-state index is 5.25. The van der Waals surface area contributed by atoms with Crippen molar-refractivity contribution in [3.05, 3.63) is 29.3 Å². The standard InChI is InChI=1S/C11H14OS2/c1-8-7-9(3-4-10(8)12-2)11-13-5-6-14-11/h3-4,7,11H,5-6H2,1-2H3.